The molecule has 1 unspecified atom stereocenters. The fraction of sp³-hybridized carbons (Fsp3) is 0.500. The van der Waals surface area contributed by atoms with E-state index in [1.807, 2.05) is 12.1 Å². The third-order valence-corrected chi connectivity index (χ3v) is 3.25. The third-order valence-electron chi connectivity index (χ3n) is 3.25. The average molecular weight is 264 g/mol. The summed E-state index contributed by atoms with van der Waals surface area (Å²) in [5, 5.41) is 11.7. The summed E-state index contributed by atoms with van der Waals surface area (Å²) < 4.78 is 11.6. The number of benzene rings is 1. The maximum Gasteiger partial charge on any atom is 0.173 e. The first-order valence-corrected chi connectivity index (χ1v) is 6.39. The zero-order valence-corrected chi connectivity index (χ0v) is 11.3. The molecule has 1 aliphatic rings. The zero-order chi connectivity index (χ0) is 13.9. The van der Waals surface area contributed by atoms with Crippen molar-refractivity contribution in [3.8, 4) is 5.75 Å². The molecule has 104 valence electrons. The molecule has 3 N–H and O–H groups in total. The van der Waals surface area contributed by atoms with Gasteiger partial charge in [-0.25, -0.2) is 0 Å². The van der Waals surface area contributed by atoms with Gasteiger partial charge in [0.2, 0.25) is 0 Å². The Hall–Kier alpha value is -1.75. The van der Waals surface area contributed by atoms with Crippen molar-refractivity contribution in [1.29, 1.82) is 0 Å². The van der Waals surface area contributed by atoms with Gasteiger partial charge in [-0.15, -0.1) is 0 Å². The van der Waals surface area contributed by atoms with Crippen LogP contribution in [0.5, 0.6) is 5.75 Å². The van der Waals surface area contributed by atoms with Crippen LogP contribution in [0.3, 0.4) is 0 Å². The summed E-state index contributed by atoms with van der Waals surface area (Å²) in [4.78, 5) is 0. The molecule has 0 amide bonds. The first-order chi connectivity index (χ1) is 9.02. The molecule has 1 saturated heterocycles. The molecule has 1 heterocycles. The van der Waals surface area contributed by atoms with Crippen LogP contribution in [0.15, 0.2) is 29.4 Å². The Balaban J connectivity index is 2.01. The molecule has 1 fully saturated rings. The first kappa shape index (κ1) is 13.7. The fourth-order valence-corrected chi connectivity index (χ4v) is 2.24. The van der Waals surface area contributed by atoms with Crippen LogP contribution in [-0.4, -0.2) is 29.4 Å². The number of ether oxygens (including phenoxy) is 2. The molecular weight excluding hydrogens is 244 g/mol. The lowest BCUT2D eigenvalue weighted by atomic mass is 10.1. The lowest BCUT2D eigenvalue weighted by molar-refractivity contribution is -0.0326. The van der Waals surface area contributed by atoms with E-state index < -0.39 is 0 Å². The second-order valence-corrected chi connectivity index (χ2v) is 5.33. The lowest BCUT2D eigenvalue weighted by Gasteiger charge is -2.20. The Labute approximate surface area is 113 Å². The SMILES string of the molecule is CC1(C)CCC(COc2ccccc2/C(N)=N/O)O1. The van der Waals surface area contributed by atoms with E-state index >= 15 is 0 Å². The van der Waals surface area contributed by atoms with Gasteiger partial charge < -0.3 is 20.4 Å². The van der Waals surface area contributed by atoms with Crippen molar-refractivity contribution in [2.24, 2.45) is 10.9 Å². The normalized spacial score (nSPS) is 22.4. The second-order valence-electron chi connectivity index (χ2n) is 5.33. The van der Waals surface area contributed by atoms with Crippen molar-refractivity contribution in [2.75, 3.05) is 6.61 Å². The molecule has 19 heavy (non-hydrogen) atoms. The van der Waals surface area contributed by atoms with Gasteiger partial charge in [-0.05, 0) is 38.8 Å². The molecule has 0 spiro atoms. The van der Waals surface area contributed by atoms with Gasteiger partial charge in [0, 0.05) is 0 Å². The smallest absolute Gasteiger partial charge is 0.173 e. The predicted octanol–water partition coefficient (Wildman–Crippen LogP) is 2.12. The highest BCUT2D eigenvalue weighted by Crippen LogP contribution is 2.30. The monoisotopic (exact) mass is 264 g/mol. The summed E-state index contributed by atoms with van der Waals surface area (Å²) in [5.41, 5.74) is 6.13. The van der Waals surface area contributed by atoms with Gasteiger partial charge >= 0.3 is 0 Å². The van der Waals surface area contributed by atoms with E-state index in [0.717, 1.165) is 12.8 Å². The van der Waals surface area contributed by atoms with Crippen molar-refractivity contribution in [2.45, 2.75) is 38.4 Å². The average Bonchev–Trinajstić information content (AvgIpc) is 2.75. The summed E-state index contributed by atoms with van der Waals surface area (Å²) >= 11 is 0. The van der Waals surface area contributed by atoms with Gasteiger partial charge in [0.05, 0.1) is 17.3 Å². The van der Waals surface area contributed by atoms with Crippen LogP contribution in [0, 0.1) is 0 Å². The molecule has 0 radical (unpaired) electrons. The first-order valence-electron chi connectivity index (χ1n) is 6.39. The van der Waals surface area contributed by atoms with E-state index in [4.69, 9.17) is 20.4 Å². The predicted molar refractivity (Wildman–Crippen MR) is 72.6 cm³/mol. The van der Waals surface area contributed by atoms with Gasteiger partial charge in [-0.2, -0.15) is 0 Å². The maximum absolute atomic E-state index is 8.74. The zero-order valence-electron chi connectivity index (χ0n) is 11.3. The Morgan fingerprint density at radius 1 is 1.53 bits per heavy atom. The number of oxime groups is 1. The molecule has 0 bridgehead atoms. The van der Waals surface area contributed by atoms with Crippen LogP contribution in [0.25, 0.3) is 0 Å². The van der Waals surface area contributed by atoms with Gasteiger partial charge in [0.1, 0.15) is 12.4 Å². The Morgan fingerprint density at radius 3 is 2.89 bits per heavy atom. The van der Waals surface area contributed by atoms with Crippen molar-refractivity contribution >= 4 is 5.84 Å². The summed E-state index contributed by atoms with van der Waals surface area (Å²) in [6.45, 7) is 4.63. The second kappa shape index (κ2) is 5.48. The van der Waals surface area contributed by atoms with Gasteiger partial charge in [-0.3, -0.25) is 0 Å². The van der Waals surface area contributed by atoms with Crippen molar-refractivity contribution in [3.63, 3.8) is 0 Å². The van der Waals surface area contributed by atoms with E-state index in [0.29, 0.717) is 17.9 Å². The molecule has 1 atom stereocenters. The minimum atomic E-state index is -0.0703. The fourth-order valence-electron chi connectivity index (χ4n) is 2.24. The van der Waals surface area contributed by atoms with E-state index in [9.17, 15) is 0 Å². The molecule has 1 aliphatic heterocycles. The van der Waals surface area contributed by atoms with Crippen molar-refractivity contribution < 1.29 is 14.7 Å². The number of hydrogen-bond acceptors (Lipinski definition) is 4. The molecule has 5 nitrogen and oxygen atoms in total. The number of para-hydroxylation sites is 1. The molecular formula is C14H20N2O3. The summed E-state index contributed by atoms with van der Waals surface area (Å²) in [7, 11) is 0. The van der Waals surface area contributed by atoms with Crippen LogP contribution in [0.1, 0.15) is 32.3 Å². The largest absolute Gasteiger partial charge is 0.490 e. The minimum Gasteiger partial charge on any atom is -0.490 e. The topological polar surface area (TPSA) is 77.1 Å². The quantitative estimate of drug-likeness (QED) is 0.378. The molecule has 1 aromatic rings. The van der Waals surface area contributed by atoms with Crippen molar-refractivity contribution in [1.82, 2.24) is 0 Å². The highest BCUT2D eigenvalue weighted by atomic mass is 16.6. The minimum absolute atomic E-state index is 0.0447. The van der Waals surface area contributed by atoms with E-state index in [-0.39, 0.29) is 17.5 Å². The van der Waals surface area contributed by atoms with Gasteiger partial charge in [-0.1, -0.05) is 17.3 Å². The molecule has 1 aromatic carbocycles. The third kappa shape index (κ3) is 3.38. The highest BCUT2D eigenvalue weighted by molar-refractivity contribution is 5.99. The number of hydrogen-bond donors (Lipinski definition) is 2. The highest BCUT2D eigenvalue weighted by Gasteiger charge is 2.32. The Bertz CT molecular complexity index is 472. The molecule has 0 saturated carbocycles. The van der Waals surface area contributed by atoms with E-state index in [2.05, 4.69) is 19.0 Å². The Morgan fingerprint density at radius 2 is 2.26 bits per heavy atom. The van der Waals surface area contributed by atoms with Crippen LogP contribution in [0.2, 0.25) is 0 Å². The van der Waals surface area contributed by atoms with Crippen molar-refractivity contribution in [3.05, 3.63) is 29.8 Å². The van der Waals surface area contributed by atoms with Crippen LogP contribution >= 0.6 is 0 Å². The van der Waals surface area contributed by atoms with E-state index in [1.165, 1.54) is 0 Å². The number of rotatable bonds is 4. The van der Waals surface area contributed by atoms with Crippen LogP contribution in [-0.2, 0) is 4.74 Å². The van der Waals surface area contributed by atoms with Crippen LogP contribution in [0.4, 0.5) is 0 Å². The molecule has 2 rings (SSSR count). The van der Waals surface area contributed by atoms with Gasteiger partial charge in [0.15, 0.2) is 5.84 Å². The lowest BCUT2D eigenvalue weighted by Crippen LogP contribution is -2.24. The number of nitrogens with zero attached hydrogens (tertiary/aromatic N) is 1. The molecule has 0 aromatic heterocycles. The summed E-state index contributed by atoms with van der Waals surface area (Å²) in [6.07, 6.45) is 2.11. The van der Waals surface area contributed by atoms with Gasteiger partial charge in [0.25, 0.3) is 0 Å². The standard InChI is InChI=1S/C14H20N2O3/c1-14(2)8-7-10(19-14)9-18-12-6-4-3-5-11(12)13(15)16-17/h3-6,10,17H,7-9H2,1-2H3,(H2,15,16). The van der Waals surface area contributed by atoms with Crippen LogP contribution < -0.4 is 10.5 Å². The molecule has 0 aliphatic carbocycles. The number of amidine groups is 1. The Kier molecular flexibility index (Phi) is 3.95. The maximum atomic E-state index is 8.74. The number of nitrogens with two attached hydrogens (primary N) is 1. The van der Waals surface area contributed by atoms with E-state index in [1.54, 1.807) is 12.1 Å². The summed E-state index contributed by atoms with van der Waals surface area (Å²) in [6, 6.07) is 7.22. The summed E-state index contributed by atoms with van der Waals surface area (Å²) in [5.74, 6) is 0.648. The molecule has 5 heteroatoms.